The van der Waals surface area contributed by atoms with Gasteiger partial charge in [0, 0.05) is 12.8 Å². The summed E-state index contributed by atoms with van der Waals surface area (Å²) >= 11 is 0. The number of imide groups is 1. The Bertz CT molecular complexity index is 222. The zero-order chi connectivity index (χ0) is 8.43. The van der Waals surface area contributed by atoms with Crippen LogP contribution in [0.5, 0.6) is 0 Å². The highest BCUT2D eigenvalue weighted by molar-refractivity contribution is 6.14. The third-order valence-corrected chi connectivity index (χ3v) is 1.71. The van der Waals surface area contributed by atoms with Gasteiger partial charge in [-0.15, -0.1) is 0 Å². The van der Waals surface area contributed by atoms with Crippen LogP contribution in [0.4, 0.5) is 0 Å². The van der Waals surface area contributed by atoms with Crippen molar-refractivity contribution < 1.29 is 14.4 Å². The van der Waals surface area contributed by atoms with Gasteiger partial charge in [-0.3, -0.25) is 19.7 Å². The van der Waals surface area contributed by atoms with Crippen LogP contribution in [0.1, 0.15) is 19.8 Å². The molecule has 0 aromatic heterocycles. The van der Waals surface area contributed by atoms with E-state index < -0.39 is 11.8 Å². The van der Waals surface area contributed by atoms with Crippen LogP contribution in [0.3, 0.4) is 0 Å². The van der Waals surface area contributed by atoms with E-state index in [4.69, 9.17) is 0 Å². The summed E-state index contributed by atoms with van der Waals surface area (Å²) in [5.41, 5.74) is 0. The Hall–Kier alpha value is -1.19. The van der Waals surface area contributed by atoms with Crippen LogP contribution in [0, 0.1) is 5.92 Å². The van der Waals surface area contributed by atoms with Gasteiger partial charge in [0.05, 0.1) is 0 Å². The minimum Gasteiger partial charge on any atom is -0.299 e. The van der Waals surface area contributed by atoms with Gasteiger partial charge in [0.25, 0.3) is 0 Å². The van der Waals surface area contributed by atoms with Crippen molar-refractivity contribution in [3.05, 3.63) is 0 Å². The lowest BCUT2D eigenvalue weighted by Gasteiger charge is -1.99. The van der Waals surface area contributed by atoms with E-state index in [1.54, 1.807) is 6.92 Å². The minimum atomic E-state index is -0.715. The smallest absolute Gasteiger partial charge is 0.237 e. The Kier molecular flexibility index (Phi) is 2.03. The average Bonchev–Trinajstić information content (AvgIpc) is 2.28. The molecule has 1 saturated heterocycles. The van der Waals surface area contributed by atoms with Crippen molar-refractivity contribution in [3.63, 3.8) is 0 Å². The number of hydrogen-bond acceptors (Lipinski definition) is 3. The lowest BCUT2D eigenvalue weighted by molar-refractivity contribution is -0.131. The molecule has 1 atom stereocenters. The van der Waals surface area contributed by atoms with Crippen LogP contribution in [-0.2, 0) is 14.4 Å². The van der Waals surface area contributed by atoms with E-state index in [0.29, 0.717) is 6.42 Å². The van der Waals surface area contributed by atoms with Gasteiger partial charge in [0.1, 0.15) is 11.7 Å². The standard InChI is InChI=1S/C7H9NO3/c1-2-5(9)4-3-6(10)8-7(4)11/h4H,2-3H2,1H3,(H,8,10,11). The van der Waals surface area contributed by atoms with Gasteiger partial charge in [0.2, 0.25) is 11.8 Å². The predicted molar refractivity (Wildman–Crippen MR) is 36.6 cm³/mol. The predicted octanol–water partition coefficient (Wildman–Crippen LogP) is -0.372. The maximum absolute atomic E-state index is 11.0. The number of hydrogen-bond donors (Lipinski definition) is 1. The van der Waals surface area contributed by atoms with Crippen LogP contribution < -0.4 is 5.32 Å². The third-order valence-electron chi connectivity index (χ3n) is 1.71. The SMILES string of the molecule is CCC(=O)C1CC(=O)NC1=O. The molecule has 1 heterocycles. The molecule has 0 spiro atoms. The highest BCUT2D eigenvalue weighted by Crippen LogP contribution is 2.12. The molecule has 1 aliphatic rings. The van der Waals surface area contributed by atoms with Gasteiger partial charge in [0.15, 0.2) is 0 Å². The van der Waals surface area contributed by atoms with Crippen LogP contribution in [0.25, 0.3) is 0 Å². The second-order valence-corrected chi connectivity index (χ2v) is 2.49. The van der Waals surface area contributed by atoms with Crippen LogP contribution >= 0.6 is 0 Å². The van der Waals surface area contributed by atoms with Crippen LogP contribution in [0.2, 0.25) is 0 Å². The number of amides is 2. The molecule has 1 rings (SSSR count). The number of carbonyl (C=O) groups is 3. The largest absolute Gasteiger partial charge is 0.299 e. The lowest BCUT2D eigenvalue weighted by atomic mass is 10.0. The van der Waals surface area contributed by atoms with Gasteiger partial charge in [-0.2, -0.15) is 0 Å². The van der Waals surface area contributed by atoms with Gasteiger partial charge < -0.3 is 0 Å². The van der Waals surface area contributed by atoms with Crippen molar-refractivity contribution in [3.8, 4) is 0 Å². The maximum atomic E-state index is 11.0. The summed E-state index contributed by atoms with van der Waals surface area (Å²) in [4.78, 5) is 32.4. The molecule has 0 aromatic carbocycles. The van der Waals surface area contributed by atoms with E-state index in [1.165, 1.54) is 0 Å². The average molecular weight is 155 g/mol. The molecule has 0 aromatic rings. The topological polar surface area (TPSA) is 63.2 Å². The second-order valence-electron chi connectivity index (χ2n) is 2.49. The lowest BCUT2D eigenvalue weighted by Crippen LogP contribution is -2.25. The minimum absolute atomic E-state index is 0.0332. The fourth-order valence-electron chi connectivity index (χ4n) is 1.06. The highest BCUT2D eigenvalue weighted by atomic mass is 16.2. The van der Waals surface area contributed by atoms with Crippen molar-refractivity contribution in [1.82, 2.24) is 5.32 Å². The molecule has 11 heavy (non-hydrogen) atoms. The van der Waals surface area contributed by atoms with Gasteiger partial charge in [-0.25, -0.2) is 0 Å². The summed E-state index contributed by atoms with van der Waals surface area (Å²) in [5, 5.41) is 2.08. The Labute approximate surface area is 64.0 Å². The number of ketones is 1. The first-order valence-corrected chi connectivity index (χ1v) is 3.51. The van der Waals surface area contributed by atoms with Crippen molar-refractivity contribution in [2.24, 2.45) is 5.92 Å². The van der Waals surface area contributed by atoms with Gasteiger partial charge >= 0.3 is 0 Å². The molecular formula is C7H9NO3. The van der Waals surface area contributed by atoms with Crippen molar-refractivity contribution in [1.29, 1.82) is 0 Å². The number of nitrogens with one attached hydrogen (secondary N) is 1. The number of carbonyl (C=O) groups excluding carboxylic acids is 3. The molecule has 0 aliphatic carbocycles. The zero-order valence-electron chi connectivity index (χ0n) is 6.22. The Morgan fingerprint density at radius 2 is 2.27 bits per heavy atom. The van der Waals surface area contributed by atoms with Crippen LogP contribution in [-0.4, -0.2) is 17.6 Å². The Morgan fingerprint density at radius 1 is 1.64 bits per heavy atom. The first-order chi connectivity index (χ1) is 5.15. The fraction of sp³-hybridized carbons (Fsp3) is 0.571. The fourth-order valence-corrected chi connectivity index (χ4v) is 1.06. The van der Waals surface area contributed by atoms with Gasteiger partial charge in [-0.05, 0) is 0 Å². The quantitative estimate of drug-likeness (QED) is 0.437. The van der Waals surface area contributed by atoms with Crippen molar-refractivity contribution in [2.75, 3.05) is 0 Å². The highest BCUT2D eigenvalue weighted by Gasteiger charge is 2.34. The van der Waals surface area contributed by atoms with E-state index in [2.05, 4.69) is 5.32 Å². The number of rotatable bonds is 2. The van der Waals surface area contributed by atoms with Crippen LogP contribution in [0.15, 0.2) is 0 Å². The summed E-state index contributed by atoms with van der Waals surface area (Å²) in [7, 11) is 0. The first-order valence-electron chi connectivity index (χ1n) is 3.51. The molecule has 0 saturated carbocycles. The summed E-state index contributed by atoms with van der Waals surface area (Å²) in [6, 6.07) is 0. The normalized spacial score (nSPS) is 23.5. The summed E-state index contributed by atoms with van der Waals surface area (Å²) < 4.78 is 0. The second kappa shape index (κ2) is 2.82. The van der Waals surface area contributed by atoms with Crippen molar-refractivity contribution >= 4 is 17.6 Å². The molecule has 4 nitrogen and oxygen atoms in total. The molecule has 4 heteroatoms. The molecule has 0 radical (unpaired) electrons. The summed E-state index contributed by atoms with van der Waals surface area (Å²) in [6.07, 6.45) is 0.344. The number of Topliss-reactive ketones (excluding diaryl/α,β-unsaturated/α-hetero) is 1. The Balaban J connectivity index is 2.67. The molecule has 60 valence electrons. The Morgan fingerprint density at radius 3 is 2.64 bits per heavy atom. The molecule has 1 unspecified atom stereocenters. The van der Waals surface area contributed by atoms with E-state index in [-0.39, 0.29) is 18.1 Å². The zero-order valence-corrected chi connectivity index (χ0v) is 6.22. The molecular weight excluding hydrogens is 146 g/mol. The molecule has 1 N–H and O–H groups in total. The molecule has 0 bridgehead atoms. The maximum Gasteiger partial charge on any atom is 0.237 e. The van der Waals surface area contributed by atoms with E-state index in [1.807, 2.05) is 0 Å². The summed E-state index contributed by atoms with van der Waals surface area (Å²) in [6.45, 7) is 1.68. The molecule has 1 aliphatic heterocycles. The molecule has 1 fully saturated rings. The van der Waals surface area contributed by atoms with E-state index in [0.717, 1.165) is 0 Å². The van der Waals surface area contributed by atoms with E-state index in [9.17, 15) is 14.4 Å². The first kappa shape index (κ1) is 7.91. The third kappa shape index (κ3) is 1.45. The van der Waals surface area contributed by atoms with E-state index >= 15 is 0 Å². The van der Waals surface area contributed by atoms with Crippen molar-refractivity contribution in [2.45, 2.75) is 19.8 Å². The summed E-state index contributed by atoms with van der Waals surface area (Å²) in [5.74, 6) is -1.66. The monoisotopic (exact) mass is 155 g/mol. The van der Waals surface area contributed by atoms with Gasteiger partial charge in [-0.1, -0.05) is 6.92 Å². The molecule has 2 amide bonds.